The highest BCUT2D eigenvalue weighted by Crippen LogP contribution is 2.32. The Morgan fingerprint density at radius 3 is 2.60 bits per heavy atom. The molecular weight excluding hydrogens is 333 g/mol. The van der Waals surface area contributed by atoms with Crippen LogP contribution in [0.15, 0.2) is 24.3 Å². The third kappa shape index (κ3) is 3.96. The van der Waals surface area contributed by atoms with Gasteiger partial charge in [0.05, 0.1) is 12.0 Å². The summed E-state index contributed by atoms with van der Waals surface area (Å²) in [5.74, 6) is -0.199. The predicted octanol–water partition coefficient (Wildman–Crippen LogP) is 2.86. The Labute approximate surface area is 144 Å². The van der Waals surface area contributed by atoms with E-state index in [0.29, 0.717) is 26.1 Å². The first kappa shape index (κ1) is 17.8. The molecule has 7 heteroatoms. The summed E-state index contributed by atoms with van der Waals surface area (Å²) in [6, 6.07) is 5.19. The number of carbonyl (C=O) groups is 2. The quantitative estimate of drug-likeness (QED) is 0.838. The monoisotopic (exact) mass is 354 g/mol. The molecule has 2 heterocycles. The molecule has 1 atom stereocenters. The Kier molecular flexibility index (Phi) is 5.01. The first-order valence-electron chi connectivity index (χ1n) is 8.58. The van der Waals surface area contributed by atoms with Crippen LogP contribution in [0.1, 0.15) is 36.8 Å². The van der Waals surface area contributed by atoms with Gasteiger partial charge in [0.15, 0.2) is 0 Å². The van der Waals surface area contributed by atoms with Gasteiger partial charge in [0.25, 0.3) is 0 Å². The molecule has 0 radical (unpaired) electrons. The number of halogens is 3. The van der Waals surface area contributed by atoms with Crippen LogP contribution in [0.4, 0.5) is 13.2 Å². The number of likely N-dealkylation sites (tertiary alicyclic amines) is 2. The zero-order valence-electron chi connectivity index (χ0n) is 13.9. The molecule has 2 amide bonds. The lowest BCUT2D eigenvalue weighted by Crippen LogP contribution is -2.50. The summed E-state index contributed by atoms with van der Waals surface area (Å²) in [5.41, 5.74) is -0.758. The Bertz CT molecular complexity index is 660. The molecule has 0 saturated carbocycles. The molecule has 0 aromatic heterocycles. The molecule has 2 aliphatic heterocycles. The number of rotatable bonds is 3. The van der Waals surface area contributed by atoms with Gasteiger partial charge in [-0.25, -0.2) is 0 Å². The number of hydrogen-bond donors (Lipinski definition) is 0. The van der Waals surface area contributed by atoms with Gasteiger partial charge in [0.1, 0.15) is 0 Å². The average Bonchev–Trinajstić information content (AvgIpc) is 3.00. The largest absolute Gasteiger partial charge is 0.416 e. The predicted molar refractivity (Wildman–Crippen MR) is 85.7 cm³/mol. The van der Waals surface area contributed by atoms with Gasteiger partial charge in [-0.2, -0.15) is 13.2 Å². The van der Waals surface area contributed by atoms with E-state index in [4.69, 9.17) is 0 Å². The maximum absolute atomic E-state index is 13.1. The van der Waals surface area contributed by atoms with E-state index in [1.54, 1.807) is 4.90 Å². The SMILES string of the molecule is O=C(Cc1ccccc1C(F)(F)F)N1CCCC(N2CCCC2=O)C1. The number of alkyl halides is 3. The second-order valence-corrected chi connectivity index (χ2v) is 6.66. The fraction of sp³-hybridized carbons (Fsp3) is 0.556. The van der Waals surface area contributed by atoms with Crippen LogP contribution >= 0.6 is 0 Å². The van der Waals surface area contributed by atoms with Crippen LogP contribution in [0, 0.1) is 0 Å². The maximum Gasteiger partial charge on any atom is 0.416 e. The summed E-state index contributed by atoms with van der Waals surface area (Å²) >= 11 is 0. The average molecular weight is 354 g/mol. The number of benzene rings is 1. The molecule has 2 fully saturated rings. The van der Waals surface area contributed by atoms with Crippen molar-refractivity contribution in [2.75, 3.05) is 19.6 Å². The number of amides is 2. The van der Waals surface area contributed by atoms with Crippen LogP contribution in [0.25, 0.3) is 0 Å². The smallest absolute Gasteiger partial charge is 0.340 e. The number of piperidine rings is 1. The van der Waals surface area contributed by atoms with E-state index in [2.05, 4.69) is 0 Å². The zero-order chi connectivity index (χ0) is 18.0. The van der Waals surface area contributed by atoms with Gasteiger partial charge in [-0.1, -0.05) is 18.2 Å². The molecule has 1 aromatic rings. The molecule has 0 aliphatic carbocycles. The molecule has 136 valence electrons. The van der Waals surface area contributed by atoms with Crippen molar-refractivity contribution >= 4 is 11.8 Å². The third-order valence-corrected chi connectivity index (χ3v) is 4.96. The number of nitrogens with zero attached hydrogens (tertiary/aromatic N) is 2. The Hall–Kier alpha value is -2.05. The normalized spacial score (nSPS) is 21.7. The molecule has 0 bridgehead atoms. The van der Waals surface area contributed by atoms with E-state index in [-0.39, 0.29) is 29.8 Å². The first-order valence-corrected chi connectivity index (χ1v) is 8.58. The van der Waals surface area contributed by atoms with Crippen molar-refractivity contribution in [2.45, 2.75) is 44.3 Å². The third-order valence-electron chi connectivity index (χ3n) is 4.96. The van der Waals surface area contributed by atoms with Gasteiger partial charge in [-0.05, 0) is 30.9 Å². The number of hydrogen-bond acceptors (Lipinski definition) is 2. The molecular formula is C18H21F3N2O2. The van der Waals surface area contributed by atoms with Crippen molar-refractivity contribution in [2.24, 2.45) is 0 Å². The fourth-order valence-corrected chi connectivity index (χ4v) is 3.72. The van der Waals surface area contributed by atoms with Crippen molar-refractivity contribution in [1.29, 1.82) is 0 Å². The lowest BCUT2D eigenvalue weighted by Gasteiger charge is -2.37. The van der Waals surface area contributed by atoms with Crippen LogP contribution < -0.4 is 0 Å². The molecule has 4 nitrogen and oxygen atoms in total. The molecule has 3 rings (SSSR count). The topological polar surface area (TPSA) is 40.6 Å². The van der Waals surface area contributed by atoms with Gasteiger partial charge in [0.2, 0.25) is 11.8 Å². The van der Waals surface area contributed by atoms with E-state index in [1.165, 1.54) is 18.2 Å². The molecule has 2 saturated heterocycles. The van der Waals surface area contributed by atoms with Gasteiger partial charge >= 0.3 is 6.18 Å². The second kappa shape index (κ2) is 7.06. The van der Waals surface area contributed by atoms with Crippen LogP contribution in [0.3, 0.4) is 0 Å². The summed E-state index contributed by atoms with van der Waals surface area (Å²) in [6.45, 7) is 1.66. The molecule has 0 N–H and O–H groups in total. The van der Waals surface area contributed by atoms with Gasteiger partial charge in [-0.15, -0.1) is 0 Å². The highest BCUT2D eigenvalue weighted by Gasteiger charge is 2.35. The summed E-state index contributed by atoms with van der Waals surface area (Å²) in [7, 11) is 0. The van der Waals surface area contributed by atoms with Crippen LogP contribution in [-0.4, -0.2) is 47.3 Å². The zero-order valence-corrected chi connectivity index (χ0v) is 13.9. The second-order valence-electron chi connectivity index (χ2n) is 6.66. The van der Waals surface area contributed by atoms with Crippen LogP contribution in [0.5, 0.6) is 0 Å². The highest BCUT2D eigenvalue weighted by atomic mass is 19.4. The van der Waals surface area contributed by atoms with Crippen LogP contribution in [0.2, 0.25) is 0 Å². The minimum atomic E-state index is -4.47. The standard InChI is InChI=1S/C18H21F3N2O2/c19-18(20,21)15-7-2-1-5-13(15)11-17(25)22-9-3-6-14(12-22)23-10-4-8-16(23)24/h1-2,5,7,14H,3-4,6,8-12H2. The van der Waals surface area contributed by atoms with Crippen molar-refractivity contribution in [3.05, 3.63) is 35.4 Å². The van der Waals surface area contributed by atoms with E-state index < -0.39 is 11.7 Å². The lowest BCUT2D eigenvalue weighted by molar-refractivity contribution is -0.140. The van der Waals surface area contributed by atoms with E-state index in [0.717, 1.165) is 25.3 Å². The number of carbonyl (C=O) groups excluding carboxylic acids is 2. The van der Waals surface area contributed by atoms with Gasteiger partial charge in [-0.3, -0.25) is 9.59 Å². The summed E-state index contributed by atoms with van der Waals surface area (Å²) in [6.07, 6.45) is -1.75. The Morgan fingerprint density at radius 1 is 1.16 bits per heavy atom. The minimum Gasteiger partial charge on any atom is -0.340 e. The summed E-state index contributed by atoms with van der Waals surface area (Å²) < 4.78 is 39.2. The van der Waals surface area contributed by atoms with E-state index in [9.17, 15) is 22.8 Å². The maximum atomic E-state index is 13.1. The summed E-state index contributed by atoms with van der Waals surface area (Å²) in [5, 5.41) is 0. The van der Waals surface area contributed by atoms with Crippen LogP contribution in [-0.2, 0) is 22.2 Å². The van der Waals surface area contributed by atoms with Crippen molar-refractivity contribution in [3.63, 3.8) is 0 Å². The Morgan fingerprint density at radius 2 is 1.92 bits per heavy atom. The first-order chi connectivity index (χ1) is 11.9. The molecule has 2 aliphatic rings. The fourth-order valence-electron chi connectivity index (χ4n) is 3.72. The van der Waals surface area contributed by atoms with Crippen molar-refractivity contribution in [1.82, 2.24) is 9.80 Å². The molecule has 25 heavy (non-hydrogen) atoms. The van der Waals surface area contributed by atoms with Crippen molar-refractivity contribution < 1.29 is 22.8 Å². The lowest BCUT2D eigenvalue weighted by atomic mass is 10.0. The van der Waals surface area contributed by atoms with E-state index in [1.807, 2.05) is 4.90 Å². The van der Waals surface area contributed by atoms with Gasteiger partial charge in [0, 0.05) is 32.1 Å². The molecule has 0 spiro atoms. The summed E-state index contributed by atoms with van der Waals surface area (Å²) in [4.78, 5) is 27.9. The molecule has 1 unspecified atom stereocenters. The van der Waals surface area contributed by atoms with Gasteiger partial charge < -0.3 is 9.80 Å². The van der Waals surface area contributed by atoms with Crippen molar-refractivity contribution in [3.8, 4) is 0 Å². The van der Waals surface area contributed by atoms with E-state index >= 15 is 0 Å². The minimum absolute atomic E-state index is 0.000581. The Balaban J connectivity index is 1.68. The highest BCUT2D eigenvalue weighted by molar-refractivity contribution is 5.80. The molecule has 1 aromatic carbocycles.